The number of ketones is 2. The average molecular weight is 545 g/mol. The summed E-state index contributed by atoms with van der Waals surface area (Å²) in [5.74, 6) is -8.33. The third-order valence-corrected chi connectivity index (χ3v) is 8.80. The number of fused-ring (bicyclic) bond motifs is 4. The number of aliphatic hydroxyl groups excluding tert-OH is 3. The summed E-state index contributed by atoms with van der Waals surface area (Å²) in [5.41, 5.74) is 5.35. The number of hydrogen-bond acceptors (Lipinski definition) is 9. The number of Topliss-reactive ketones (excluding diaryl/α,β-unsaturated/α-hetero) is 2. The molecule has 10 nitrogen and oxygen atoms in total. The van der Waals surface area contributed by atoms with Crippen molar-refractivity contribution < 1.29 is 39.9 Å². The fourth-order valence-electron chi connectivity index (χ4n) is 7.01. The number of phenols is 1. The van der Waals surface area contributed by atoms with Gasteiger partial charge in [0.25, 0.3) is 5.91 Å². The maximum Gasteiger partial charge on any atom is 0.255 e. The second-order valence-electron chi connectivity index (χ2n) is 11.1. The van der Waals surface area contributed by atoms with Crippen LogP contribution in [0.15, 0.2) is 53.3 Å². The highest BCUT2D eigenvalue weighted by Crippen LogP contribution is 2.53. The van der Waals surface area contributed by atoms with Crippen molar-refractivity contribution in [3.8, 4) is 5.75 Å². The summed E-state index contributed by atoms with van der Waals surface area (Å²) in [6.45, 7) is 0. The SMILES string of the molecule is CN(C)[C@@H]1C(=O)C(C(N)=O)=C(O)[C@@]2(O)C(=O)C3=C(O)c4c(O)ccc(C5=Cc6ccccc6C5)c4C[C@H]3[C@H](O)[C@@H]12. The Bertz CT molecular complexity index is 1630. The van der Waals surface area contributed by atoms with Crippen molar-refractivity contribution in [2.45, 2.75) is 30.6 Å². The number of carbonyl (C=O) groups is 3. The van der Waals surface area contributed by atoms with Gasteiger partial charge in [0.1, 0.15) is 22.8 Å². The van der Waals surface area contributed by atoms with Crippen molar-refractivity contribution in [3.05, 3.63) is 81.1 Å². The van der Waals surface area contributed by atoms with Gasteiger partial charge >= 0.3 is 0 Å². The maximum absolute atomic E-state index is 14.0. The van der Waals surface area contributed by atoms with Crippen molar-refractivity contribution in [1.29, 1.82) is 0 Å². The minimum Gasteiger partial charge on any atom is -0.508 e. The molecular weight excluding hydrogens is 516 g/mol. The molecular formula is C30H28N2O8. The largest absolute Gasteiger partial charge is 0.508 e. The quantitative estimate of drug-likeness (QED) is 0.308. The van der Waals surface area contributed by atoms with Gasteiger partial charge in [0.05, 0.1) is 23.6 Å². The second-order valence-corrected chi connectivity index (χ2v) is 11.1. The summed E-state index contributed by atoms with van der Waals surface area (Å²) in [6.07, 6.45) is 0.985. The fourth-order valence-corrected chi connectivity index (χ4v) is 7.01. The molecule has 4 aliphatic carbocycles. The number of nitrogens with two attached hydrogens (primary N) is 1. The van der Waals surface area contributed by atoms with E-state index < -0.39 is 69.7 Å². The minimum absolute atomic E-state index is 0.00682. The van der Waals surface area contributed by atoms with Crippen molar-refractivity contribution in [1.82, 2.24) is 4.90 Å². The summed E-state index contributed by atoms with van der Waals surface area (Å²) in [4.78, 5) is 40.7. The van der Waals surface area contributed by atoms with E-state index in [-0.39, 0.29) is 17.7 Å². The first kappa shape index (κ1) is 26.0. The van der Waals surface area contributed by atoms with Crippen LogP contribution in [0.5, 0.6) is 5.75 Å². The molecule has 0 bridgehead atoms. The zero-order chi connectivity index (χ0) is 28.8. The van der Waals surface area contributed by atoms with E-state index >= 15 is 0 Å². The normalized spacial score (nSPS) is 29.2. The second kappa shape index (κ2) is 8.62. The van der Waals surface area contributed by atoms with Crippen LogP contribution in [-0.4, -0.2) is 79.7 Å². The Morgan fingerprint density at radius 3 is 2.42 bits per heavy atom. The molecule has 4 aliphatic rings. The Morgan fingerprint density at radius 2 is 1.77 bits per heavy atom. The number of amides is 1. The molecule has 7 N–H and O–H groups in total. The van der Waals surface area contributed by atoms with Crippen molar-refractivity contribution in [2.24, 2.45) is 17.6 Å². The van der Waals surface area contributed by atoms with Gasteiger partial charge in [-0.25, -0.2) is 0 Å². The minimum atomic E-state index is -2.92. The van der Waals surface area contributed by atoms with Gasteiger partial charge in [0, 0.05) is 11.5 Å². The number of phenolic OH excluding ortho intramolecular Hbond substituents is 1. The van der Waals surface area contributed by atoms with Crippen LogP contribution in [0.25, 0.3) is 17.4 Å². The Hall–Kier alpha value is -4.25. The molecule has 206 valence electrons. The predicted octanol–water partition coefficient (Wildman–Crippen LogP) is 1.03. The molecule has 1 saturated carbocycles. The third kappa shape index (κ3) is 3.24. The summed E-state index contributed by atoms with van der Waals surface area (Å²) in [5, 5.41) is 56.6. The van der Waals surface area contributed by atoms with Gasteiger partial charge in [-0.15, -0.1) is 0 Å². The monoisotopic (exact) mass is 544 g/mol. The number of carbonyl (C=O) groups excluding carboxylic acids is 3. The first-order valence-electron chi connectivity index (χ1n) is 12.9. The van der Waals surface area contributed by atoms with Gasteiger partial charge in [-0.1, -0.05) is 36.4 Å². The van der Waals surface area contributed by atoms with Crippen LogP contribution in [0.2, 0.25) is 0 Å². The van der Waals surface area contributed by atoms with Crippen LogP contribution < -0.4 is 5.73 Å². The molecule has 10 heteroatoms. The zero-order valence-electron chi connectivity index (χ0n) is 21.8. The van der Waals surface area contributed by atoms with Gasteiger partial charge < -0.3 is 31.3 Å². The standard InChI is InChI=1S/C30H28N2O8/c1-32(2)23-22-24(34)17-11-16-15(14-9-12-5-3-4-6-13(12)10-14)7-8-18(33)19(16)25(35)20(17)27(37)30(22,40)28(38)21(26(23)36)29(31)39/h3-9,17,22-24,33-35,38,40H,10-11H2,1-2H3,(H2,31,39)/t17-,22-,23+,24+,30+/m1/s1. The number of hydrogen-bond donors (Lipinski definition) is 6. The zero-order valence-corrected chi connectivity index (χ0v) is 21.8. The number of nitrogens with zero attached hydrogens (tertiary/aromatic N) is 1. The number of likely N-dealkylation sites (N-methyl/N-ethyl adjacent to an activating group) is 1. The van der Waals surface area contributed by atoms with Gasteiger partial charge in [0.2, 0.25) is 5.78 Å². The number of rotatable bonds is 3. The van der Waals surface area contributed by atoms with Crippen LogP contribution >= 0.6 is 0 Å². The molecule has 0 heterocycles. The van der Waals surface area contributed by atoms with Crippen LogP contribution in [0.4, 0.5) is 0 Å². The third-order valence-electron chi connectivity index (χ3n) is 8.80. The van der Waals surface area contributed by atoms with Crippen molar-refractivity contribution in [2.75, 3.05) is 14.1 Å². The van der Waals surface area contributed by atoms with E-state index in [9.17, 15) is 39.9 Å². The van der Waals surface area contributed by atoms with Gasteiger partial charge in [0.15, 0.2) is 11.4 Å². The molecule has 40 heavy (non-hydrogen) atoms. The number of benzene rings is 2. The molecule has 1 amide bonds. The van der Waals surface area contributed by atoms with E-state index in [0.717, 1.165) is 22.3 Å². The molecule has 2 aromatic rings. The highest BCUT2D eigenvalue weighted by Gasteiger charge is 2.67. The molecule has 0 aromatic heterocycles. The molecule has 0 radical (unpaired) electrons. The van der Waals surface area contributed by atoms with Gasteiger partial charge in [-0.3, -0.25) is 19.3 Å². The van der Waals surface area contributed by atoms with Crippen LogP contribution in [-0.2, 0) is 27.2 Å². The van der Waals surface area contributed by atoms with E-state index in [1.165, 1.54) is 25.1 Å². The highest BCUT2D eigenvalue weighted by atomic mass is 16.4. The molecule has 0 unspecified atom stereocenters. The molecule has 1 fully saturated rings. The molecule has 0 aliphatic heterocycles. The lowest BCUT2D eigenvalue weighted by Crippen LogP contribution is -2.70. The van der Waals surface area contributed by atoms with E-state index in [0.29, 0.717) is 12.0 Å². The molecule has 6 rings (SSSR count). The Balaban J connectivity index is 1.56. The first-order chi connectivity index (χ1) is 18.9. The lowest BCUT2D eigenvalue weighted by Gasteiger charge is -2.52. The molecule has 2 aromatic carbocycles. The fraction of sp³-hybridized carbons (Fsp3) is 0.300. The van der Waals surface area contributed by atoms with Crippen LogP contribution in [0.3, 0.4) is 0 Å². The van der Waals surface area contributed by atoms with Crippen molar-refractivity contribution in [3.63, 3.8) is 0 Å². The highest BCUT2D eigenvalue weighted by molar-refractivity contribution is 6.24. The van der Waals surface area contributed by atoms with E-state index in [1.54, 1.807) is 6.07 Å². The summed E-state index contributed by atoms with van der Waals surface area (Å²) >= 11 is 0. The Morgan fingerprint density at radius 1 is 1.07 bits per heavy atom. The Labute approximate surface area is 229 Å². The summed E-state index contributed by atoms with van der Waals surface area (Å²) in [7, 11) is 2.95. The lowest BCUT2D eigenvalue weighted by molar-refractivity contribution is -0.168. The van der Waals surface area contributed by atoms with E-state index in [2.05, 4.69) is 0 Å². The number of aromatic hydroxyl groups is 1. The van der Waals surface area contributed by atoms with Crippen LogP contribution in [0.1, 0.15) is 27.8 Å². The topological polar surface area (TPSA) is 182 Å². The lowest BCUT2D eigenvalue weighted by atomic mass is 9.56. The smallest absolute Gasteiger partial charge is 0.255 e. The van der Waals surface area contributed by atoms with Gasteiger partial charge in [-0.2, -0.15) is 0 Å². The maximum atomic E-state index is 14.0. The number of allylic oxidation sites excluding steroid dienone is 1. The Kier molecular flexibility index (Phi) is 5.60. The van der Waals surface area contributed by atoms with E-state index in [4.69, 9.17) is 5.73 Å². The summed E-state index contributed by atoms with van der Waals surface area (Å²) < 4.78 is 0. The van der Waals surface area contributed by atoms with Gasteiger partial charge in [-0.05, 0) is 60.8 Å². The average Bonchev–Trinajstić information content (AvgIpc) is 3.32. The molecule has 0 spiro atoms. The van der Waals surface area contributed by atoms with Crippen LogP contribution in [0, 0.1) is 11.8 Å². The number of primary amides is 1. The first-order valence-corrected chi connectivity index (χ1v) is 12.9. The number of aliphatic hydroxyl groups is 4. The van der Waals surface area contributed by atoms with E-state index in [1.807, 2.05) is 30.3 Å². The van der Waals surface area contributed by atoms with Crippen molar-refractivity contribution >= 4 is 34.9 Å². The molecule has 0 saturated heterocycles. The summed E-state index contributed by atoms with van der Waals surface area (Å²) in [6, 6.07) is 9.59. The molecule has 5 atom stereocenters. The predicted molar refractivity (Wildman–Crippen MR) is 144 cm³/mol.